The molecule has 3 fully saturated rings. The number of rotatable bonds is 4. The minimum atomic E-state index is -4.77. The number of aromatic nitrogens is 3. The van der Waals surface area contributed by atoms with Gasteiger partial charge in [0, 0.05) is 25.7 Å². The van der Waals surface area contributed by atoms with Crippen molar-refractivity contribution in [3.63, 3.8) is 0 Å². The van der Waals surface area contributed by atoms with Crippen molar-refractivity contribution in [3.05, 3.63) is 26.5 Å². The van der Waals surface area contributed by atoms with E-state index >= 15 is 0 Å². The van der Waals surface area contributed by atoms with Crippen LogP contribution in [0.5, 0.6) is 6.01 Å². The van der Waals surface area contributed by atoms with Gasteiger partial charge in [0.1, 0.15) is 17.7 Å². The molecule has 220 valence electrons. The number of piperazine rings is 1. The molecular formula is C26H34BrF3N6O4. The summed E-state index contributed by atoms with van der Waals surface area (Å²) in [7, 11) is 0. The van der Waals surface area contributed by atoms with Crippen LogP contribution in [0.25, 0.3) is 5.52 Å². The Morgan fingerprint density at radius 1 is 1.15 bits per heavy atom. The summed E-state index contributed by atoms with van der Waals surface area (Å²) >= 11 is 2.84. The third-order valence-corrected chi connectivity index (χ3v) is 8.65. The second kappa shape index (κ2) is 10.3. The molecule has 40 heavy (non-hydrogen) atoms. The minimum absolute atomic E-state index is 0.0776. The molecule has 10 nitrogen and oxygen atoms in total. The molecule has 0 radical (unpaired) electrons. The second-order valence-electron chi connectivity index (χ2n) is 11.9. The zero-order valence-electron chi connectivity index (χ0n) is 23.1. The third-order valence-electron chi connectivity index (χ3n) is 7.88. The molecule has 0 aliphatic carbocycles. The van der Waals surface area contributed by atoms with Crippen molar-refractivity contribution >= 4 is 33.4 Å². The Labute approximate surface area is 238 Å². The van der Waals surface area contributed by atoms with E-state index in [9.17, 15) is 22.8 Å². The number of anilines is 1. The fourth-order valence-corrected chi connectivity index (χ4v) is 6.50. The van der Waals surface area contributed by atoms with Gasteiger partial charge in [-0.25, -0.2) is 4.79 Å². The quantitative estimate of drug-likeness (QED) is 0.493. The third kappa shape index (κ3) is 5.48. The Hall–Kier alpha value is -2.61. The first-order chi connectivity index (χ1) is 18.7. The van der Waals surface area contributed by atoms with Crippen LogP contribution in [0.3, 0.4) is 0 Å². The Morgan fingerprint density at radius 2 is 1.82 bits per heavy atom. The Morgan fingerprint density at radius 3 is 2.42 bits per heavy atom. The number of carbonyl (C=O) groups is 1. The molecule has 1 amide bonds. The largest absolute Gasteiger partial charge is 0.460 e. The number of carbonyl (C=O) groups excluding carboxylic acids is 1. The maximum atomic E-state index is 13.9. The van der Waals surface area contributed by atoms with Gasteiger partial charge in [-0.15, -0.1) is 5.10 Å². The number of amides is 1. The van der Waals surface area contributed by atoms with Crippen molar-refractivity contribution < 1.29 is 27.4 Å². The highest BCUT2D eigenvalue weighted by Gasteiger charge is 2.45. The van der Waals surface area contributed by atoms with E-state index in [1.165, 1.54) is 0 Å². The van der Waals surface area contributed by atoms with Gasteiger partial charge in [-0.05, 0) is 88.5 Å². The number of fused-ring (bicyclic) bond motifs is 2. The van der Waals surface area contributed by atoms with E-state index in [0.29, 0.717) is 6.61 Å². The standard InChI is InChI=1S/C26H34BrF3N6O4/c1-16-14-33(23(38)40-24(2,3)4)11-12-35(16)20-18-13-17(26(28,29)30)19(27)21(37)36(18)32-22(31-20)39-15-25-7-5-9-34(25)10-6-8-25/h13,16H,5-12,14-15H2,1-4H3/t16-/m0/s1. The lowest BCUT2D eigenvalue weighted by Crippen LogP contribution is -2.55. The van der Waals surface area contributed by atoms with Gasteiger partial charge < -0.3 is 19.3 Å². The van der Waals surface area contributed by atoms with Gasteiger partial charge in [0.2, 0.25) is 0 Å². The molecule has 0 spiro atoms. The lowest BCUT2D eigenvalue weighted by Gasteiger charge is -2.41. The van der Waals surface area contributed by atoms with E-state index in [2.05, 4.69) is 30.9 Å². The molecule has 0 aromatic carbocycles. The zero-order chi connectivity index (χ0) is 29.0. The smallest absolute Gasteiger partial charge is 0.417 e. The Kier molecular flexibility index (Phi) is 7.47. The molecule has 5 heterocycles. The van der Waals surface area contributed by atoms with E-state index in [-0.39, 0.29) is 48.6 Å². The van der Waals surface area contributed by atoms with Crippen LogP contribution in [-0.2, 0) is 10.9 Å². The summed E-state index contributed by atoms with van der Waals surface area (Å²) in [5, 5.41) is 4.24. The van der Waals surface area contributed by atoms with Crippen LogP contribution in [0.1, 0.15) is 58.9 Å². The number of ether oxygens (including phenoxy) is 2. The molecule has 14 heteroatoms. The molecule has 1 atom stereocenters. The average Bonchev–Trinajstić information content (AvgIpc) is 3.43. The number of pyridine rings is 1. The van der Waals surface area contributed by atoms with Gasteiger partial charge in [0.25, 0.3) is 5.56 Å². The lowest BCUT2D eigenvalue weighted by molar-refractivity contribution is -0.138. The van der Waals surface area contributed by atoms with Crippen molar-refractivity contribution in [3.8, 4) is 6.01 Å². The minimum Gasteiger partial charge on any atom is -0.460 e. The van der Waals surface area contributed by atoms with E-state index in [1.54, 1.807) is 30.6 Å². The van der Waals surface area contributed by atoms with Crippen LogP contribution in [0.2, 0.25) is 0 Å². The number of halogens is 4. The molecule has 3 aliphatic heterocycles. The summed E-state index contributed by atoms with van der Waals surface area (Å²) in [6.45, 7) is 10.3. The van der Waals surface area contributed by atoms with Crippen molar-refractivity contribution in [2.24, 2.45) is 0 Å². The molecule has 0 bridgehead atoms. The molecule has 2 aromatic rings. The molecular weight excluding hydrogens is 597 g/mol. The zero-order valence-corrected chi connectivity index (χ0v) is 24.6. The summed E-state index contributed by atoms with van der Waals surface area (Å²) in [4.78, 5) is 36.1. The van der Waals surface area contributed by atoms with E-state index in [1.807, 2.05) is 6.92 Å². The van der Waals surface area contributed by atoms with Crippen molar-refractivity contribution in [1.82, 2.24) is 24.4 Å². The summed E-state index contributed by atoms with van der Waals surface area (Å²) in [5.74, 6) is 0.142. The highest BCUT2D eigenvalue weighted by Crippen LogP contribution is 2.39. The summed E-state index contributed by atoms with van der Waals surface area (Å²) in [6.07, 6.45) is -1.13. The van der Waals surface area contributed by atoms with E-state index in [0.717, 1.165) is 49.4 Å². The first-order valence-electron chi connectivity index (χ1n) is 13.5. The van der Waals surface area contributed by atoms with Gasteiger partial charge >= 0.3 is 18.3 Å². The number of hydrogen-bond donors (Lipinski definition) is 0. The molecule has 0 N–H and O–H groups in total. The first kappa shape index (κ1) is 28.9. The van der Waals surface area contributed by atoms with Crippen LogP contribution < -0.4 is 15.2 Å². The average molecular weight is 631 g/mol. The highest BCUT2D eigenvalue weighted by atomic mass is 79.9. The molecule has 3 saturated heterocycles. The SMILES string of the molecule is C[C@H]1CN(C(=O)OC(C)(C)C)CCN1c1nc(OCC23CCCN2CCC3)nn2c(=O)c(Br)c(C(F)(F)F)cc12. The number of nitrogens with zero attached hydrogens (tertiary/aromatic N) is 6. The van der Waals surface area contributed by atoms with Crippen LogP contribution >= 0.6 is 15.9 Å². The van der Waals surface area contributed by atoms with Crippen LogP contribution in [0.4, 0.5) is 23.8 Å². The summed E-state index contributed by atoms with van der Waals surface area (Å²) in [6, 6.07) is 0.456. The van der Waals surface area contributed by atoms with Gasteiger partial charge in [0.15, 0.2) is 5.82 Å². The van der Waals surface area contributed by atoms with Crippen LogP contribution in [-0.4, -0.2) is 87.0 Å². The Bertz CT molecular complexity index is 1350. The molecule has 0 saturated carbocycles. The van der Waals surface area contributed by atoms with Gasteiger partial charge in [-0.2, -0.15) is 22.7 Å². The fourth-order valence-electron chi connectivity index (χ4n) is 6.00. The van der Waals surface area contributed by atoms with Gasteiger partial charge in [-0.1, -0.05) is 0 Å². The van der Waals surface area contributed by atoms with Gasteiger partial charge in [-0.3, -0.25) is 9.69 Å². The number of alkyl halides is 3. The second-order valence-corrected chi connectivity index (χ2v) is 12.7. The highest BCUT2D eigenvalue weighted by molar-refractivity contribution is 9.10. The van der Waals surface area contributed by atoms with E-state index < -0.39 is 33.5 Å². The fraction of sp³-hybridized carbons (Fsp3) is 0.692. The maximum absolute atomic E-state index is 13.9. The molecule has 2 aromatic heterocycles. The van der Waals surface area contributed by atoms with E-state index in [4.69, 9.17) is 9.47 Å². The predicted octanol–water partition coefficient (Wildman–Crippen LogP) is 4.32. The predicted molar refractivity (Wildman–Crippen MR) is 145 cm³/mol. The Balaban J connectivity index is 1.52. The first-order valence-corrected chi connectivity index (χ1v) is 14.3. The van der Waals surface area contributed by atoms with Crippen LogP contribution in [0.15, 0.2) is 15.3 Å². The lowest BCUT2D eigenvalue weighted by atomic mass is 9.95. The monoisotopic (exact) mass is 630 g/mol. The molecule has 3 aliphatic rings. The van der Waals surface area contributed by atoms with Crippen molar-refractivity contribution in [2.45, 2.75) is 76.7 Å². The number of hydrogen-bond acceptors (Lipinski definition) is 8. The van der Waals surface area contributed by atoms with Gasteiger partial charge in [0.05, 0.1) is 15.6 Å². The maximum Gasteiger partial charge on any atom is 0.417 e. The topological polar surface area (TPSA) is 92.5 Å². The molecule has 0 unspecified atom stereocenters. The van der Waals surface area contributed by atoms with Crippen molar-refractivity contribution in [1.29, 1.82) is 0 Å². The van der Waals surface area contributed by atoms with Crippen LogP contribution in [0, 0.1) is 0 Å². The summed E-state index contributed by atoms with van der Waals surface area (Å²) in [5.41, 5.74) is -2.94. The molecule has 5 rings (SSSR count). The summed E-state index contributed by atoms with van der Waals surface area (Å²) < 4.78 is 53.5. The normalized spacial score (nSPS) is 21.6. The van der Waals surface area contributed by atoms with Crippen molar-refractivity contribution in [2.75, 3.05) is 44.2 Å².